The van der Waals surface area contributed by atoms with Crippen molar-refractivity contribution in [2.75, 3.05) is 10.6 Å². The Kier molecular flexibility index (Phi) is 5.51. The van der Waals surface area contributed by atoms with Gasteiger partial charge in [0.25, 0.3) is 11.8 Å². The highest BCUT2D eigenvalue weighted by Gasteiger charge is 2.44. The van der Waals surface area contributed by atoms with E-state index in [-0.39, 0.29) is 23.8 Å². The summed E-state index contributed by atoms with van der Waals surface area (Å²) in [7, 11) is 0. The van der Waals surface area contributed by atoms with E-state index in [0.717, 1.165) is 12.1 Å². The maximum absolute atomic E-state index is 13.8. The number of hydrogen-bond donors (Lipinski definition) is 4. The topological polar surface area (TPSA) is 132 Å². The Labute approximate surface area is 158 Å². The molecular formula is C16H21F2N7OS. The van der Waals surface area contributed by atoms with E-state index >= 15 is 0 Å². The lowest BCUT2D eigenvalue weighted by Crippen LogP contribution is -2.55. The smallest absolute Gasteiger partial charge is 0.271 e. The van der Waals surface area contributed by atoms with Crippen LogP contribution in [0.3, 0.4) is 0 Å². The molecule has 146 valence electrons. The molecule has 6 N–H and O–H groups in total. The van der Waals surface area contributed by atoms with Crippen molar-refractivity contribution in [2.45, 2.75) is 50.6 Å². The molecule has 1 aliphatic carbocycles. The van der Waals surface area contributed by atoms with E-state index < -0.39 is 23.9 Å². The Bertz CT molecular complexity index is 829. The summed E-state index contributed by atoms with van der Waals surface area (Å²) >= 11 is 1.21. The maximum Gasteiger partial charge on any atom is 0.271 e. The number of anilines is 3. The zero-order chi connectivity index (χ0) is 19.6. The zero-order valence-corrected chi connectivity index (χ0v) is 15.5. The molecule has 2 aromatic heterocycles. The summed E-state index contributed by atoms with van der Waals surface area (Å²) in [6.45, 7) is 1.97. The van der Waals surface area contributed by atoms with E-state index in [0.29, 0.717) is 17.8 Å². The Morgan fingerprint density at radius 2 is 2.26 bits per heavy atom. The number of carbonyl (C=O) groups excluding carboxylic acids is 1. The second-order valence-corrected chi connectivity index (χ2v) is 7.21. The second kappa shape index (κ2) is 7.69. The third kappa shape index (κ3) is 4.30. The number of amides is 1. The van der Waals surface area contributed by atoms with Crippen LogP contribution >= 0.6 is 11.5 Å². The first kappa shape index (κ1) is 19.4. The number of primary amides is 1. The number of nitrogens with one attached hydrogen (secondary N) is 2. The summed E-state index contributed by atoms with van der Waals surface area (Å²) < 4.78 is 31.9. The van der Waals surface area contributed by atoms with Crippen LogP contribution < -0.4 is 22.1 Å². The van der Waals surface area contributed by atoms with Gasteiger partial charge in [0.05, 0.1) is 17.9 Å². The molecule has 1 amide bonds. The monoisotopic (exact) mass is 397 g/mol. The number of halogens is 2. The first-order valence-electron chi connectivity index (χ1n) is 8.59. The van der Waals surface area contributed by atoms with Gasteiger partial charge in [-0.2, -0.15) is 4.37 Å². The molecule has 0 unspecified atom stereocenters. The molecule has 27 heavy (non-hydrogen) atoms. The van der Waals surface area contributed by atoms with Gasteiger partial charge in [0, 0.05) is 12.5 Å². The number of rotatable bonds is 6. The minimum Gasteiger partial charge on any atom is -0.364 e. The number of alkyl halides is 2. The number of nitrogens with two attached hydrogens (primary N) is 2. The molecular weight excluding hydrogens is 376 g/mol. The Morgan fingerprint density at radius 1 is 1.48 bits per heavy atom. The standard InChI is InChI=1S/C16H21F2N7OS/c1-2-8-6-11(27-25-8)24-15-12(14(20)26)21-7-10(23-15)22-9-4-3-5-16(17,18)13(9)19/h6-7,9,13H,2-5,19H2,1H3,(H2,20,26)(H2,22,23,24)/t9-,13-/m1/s1. The highest BCUT2D eigenvalue weighted by molar-refractivity contribution is 7.10. The molecule has 0 spiro atoms. The average Bonchev–Trinajstić information content (AvgIpc) is 3.06. The van der Waals surface area contributed by atoms with Crippen molar-refractivity contribution < 1.29 is 13.6 Å². The van der Waals surface area contributed by atoms with E-state index in [1.54, 1.807) is 0 Å². The normalized spacial score (nSPS) is 21.6. The second-order valence-electron chi connectivity index (χ2n) is 6.41. The molecule has 1 saturated carbocycles. The molecule has 8 nitrogen and oxygen atoms in total. The van der Waals surface area contributed by atoms with E-state index in [1.165, 1.54) is 17.7 Å². The molecule has 3 rings (SSSR count). The summed E-state index contributed by atoms with van der Waals surface area (Å²) in [5.74, 6) is -3.31. The van der Waals surface area contributed by atoms with Gasteiger partial charge in [-0.1, -0.05) is 6.92 Å². The molecule has 2 aromatic rings. The molecule has 2 heterocycles. The minimum absolute atomic E-state index is 0.0507. The number of hydrogen-bond acceptors (Lipinski definition) is 8. The Balaban J connectivity index is 1.83. The molecule has 2 atom stereocenters. The van der Waals surface area contributed by atoms with Crippen molar-refractivity contribution in [2.24, 2.45) is 11.5 Å². The van der Waals surface area contributed by atoms with Gasteiger partial charge in [-0.25, -0.2) is 18.7 Å². The van der Waals surface area contributed by atoms with Crippen molar-refractivity contribution in [3.05, 3.63) is 23.7 Å². The summed E-state index contributed by atoms with van der Waals surface area (Å²) in [4.78, 5) is 20.0. The molecule has 0 saturated heterocycles. The predicted octanol–water partition coefficient (Wildman–Crippen LogP) is 2.27. The van der Waals surface area contributed by atoms with E-state index in [4.69, 9.17) is 11.5 Å². The summed E-state index contributed by atoms with van der Waals surface area (Å²) in [6, 6.07) is -0.145. The fraction of sp³-hybridized carbons (Fsp3) is 0.500. The van der Waals surface area contributed by atoms with Crippen LogP contribution in [0.1, 0.15) is 42.4 Å². The average molecular weight is 397 g/mol. The molecule has 0 aliphatic heterocycles. The van der Waals surface area contributed by atoms with Crippen LogP contribution in [-0.2, 0) is 6.42 Å². The fourth-order valence-corrected chi connectivity index (χ4v) is 3.66. The van der Waals surface area contributed by atoms with Gasteiger partial charge in [-0.3, -0.25) is 4.79 Å². The molecule has 11 heteroatoms. The summed E-state index contributed by atoms with van der Waals surface area (Å²) in [6.07, 6.45) is 2.68. The largest absolute Gasteiger partial charge is 0.364 e. The van der Waals surface area contributed by atoms with Gasteiger partial charge >= 0.3 is 0 Å². The number of aryl methyl sites for hydroxylation is 1. The van der Waals surface area contributed by atoms with Gasteiger partial charge in [0.2, 0.25) is 0 Å². The summed E-state index contributed by atoms with van der Waals surface area (Å²) in [5, 5.41) is 6.56. The first-order valence-corrected chi connectivity index (χ1v) is 9.37. The number of carbonyl (C=O) groups is 1. The van der Waals surface area contributed by atoms with Crippen molar-refractivity contribution in [1.29, 1.82) is 0 Å². The van der Waals surface area contributed by atoms with Gasteiger partial charge < -0.3 is 22.1 Å². The molecule has 0 bridgehead atoms. The lowest BCUT2D eigenvalue weighted by molar-refractivity contribution is -0.0554. The number of aromatic nitrogens is 3. The third-order valence-electron chi connectivity index (χ3n) is 4.45. The van der Waals surface area contributed by atoms with Crippen LogP contribution in [0.25, 0.3) is 0 Å². The van der Waals surface area contributed by atoms with Crippen molar-refractivity contribution in [3.63, 3.8) is 0 Å². The highest BCUT2D eigenvalue weighted by atomic mass is 32.1. The Hall–Kier alpha value is -2.40. The number of nitrogens with zero attached hydrogens (tertiary/aromatic N) is 3. The SMILES string of the molecule is CCc1cc(Nc2nc(N[C@@H]3CCCC(F)(F)[C@@H]3N)cnc2C(N)=O)sn1. The first-order chi connectivity index (χ1) is 12.8. The van der Waals surface area contributed by atoms with Crippen LogP contribution in [0.4, 0.5) is 25.4 Å². The van der Waals surface area contributed by atoms with E-state index in [9.17, 15) is 13.6 Å². The Morgan fingerprint density at radius 3 is 2.93 bits per heavy atom. The van der Waals surface area contributed by atoms with Crippen LogP contribution in [0, 0.1) is 0 Å². The molecule has 1 aliphatic rings. The van der Waals surface area contributed by atoms with Gasteiger partial charge in [-0.05, 0) is 36.9 Å². The molecule has 0 aromatic carbocycles. The lowest BCUT2D eigenvalue weighted by atomic mass is 9.87. The third-order valence-corrected chi connectivity index (χ3v) is 5.19. The van der Waals surface area contributed by atoms with E-state index in [1.807, 2.05) is 13.0 Å². The quantitative estimate of drug-likeness (QED) is 0.588. The van der Waals surface area contributed by atoms with Crippen LogP contribution in [0.15, 0.2) is 12.3 Å². The van der Waals surface area contributed by atoms with Crippen molar-refractivity contribution >= 4 is 34.1 Å². The van der Waals surface area contributed by atoms with Crippen LogP contribution in [0.2, 0.25) is 0 Å². The van der Waals surface area contributed by atoms with Crippen molar-refractivity contribution in [3.8, 4) is 0 Å². The lowest BCUT2D eigenvalue weighted by Gasteiger charge is -2.36. The zero-order valence-electron chi connectivity index (χ0n) is 14.7. The molecule has 1 fully saturated rings. The van der Waals surface area contributed by atoms with Gasteiger partial charge in [-0.15, -0.1) is 0 Å². The predicted molar refractivity (Wildman–Crippen MR) is 99.5 cm³/mol. The van der Waals surface area contributed by atoms with Gasteiger partial charge in [0.1, 0.15) is 10.8 Å². The van der Waals surface area contributed by atoms with Crippen LogP contribution in [-0.4, -0.2) is 38.3 Å². The maximum atomic E-state index is 13.8. The fourth-order valence-electron chi connectivity index (χ4n) is 2.93. The molecule has 0 radical (unpaired) electrons. The van der Waals surface area contributed by atoms with Crippen molar-refractivity contribution in [1.82, 2.24) is 14.3 Å². The summed E-state index contributed by atoms with van der Waals surface area (Å²) in [5.41, 5.74) is 11.9. The van der Waals surface area contributed by atoms with E-state index in [2.05, 4.69) is 25.0 Å². The highest BCUT2D eigenvalue weighted by Crippen LogP contribution is 2.34. The van der Waals surface area contributed by atoms with Gasteiger partial charge in [0.15, 0.2) is 11.5 Å². The minimum atomic E-state index is -2.93. The van der Waals surface area contributed by atoms with Crippen LogP contribution in [0.5, 0.6) is 0 Å².